The second kappa shape index (κ2) is 9.67. The van der Waals surface area contributed by atoms with Gasteiger partial charge in [-0.2, -0.15) is 5.26 Å². The van der Waals surface area contributed by atoms with Gasteiger partial charge in [0.2, 0.25) is 11.8 Å². The summed E-state index contributed by atoms with van der Waals surface area (Å²) in [7, 11) is 0. The number of carbonyl (C=O) groups is 3. The zero-order valence-corrected chi connectivity index (χ0v) is 20.7. The first-order valence-electron chi connectivity index (χ1n) is 12.8. The number of nitriles is 1. The highest BCUT2D eigenvalue weighted by atomic mass is 19.4. The summed E-state index contributed by atoms with van der Waals surface area (Å²) >= 11 is 0. The molecule has 204 valence electrons. The van der Waals surface area contributed by atoms with Crippen LogP contribution in [0.2, 0.25) is 0 Å². The van der Waals surface area contributed by atoms with Crippen LogP contribution in [-0.2, 0) is 14.4 Å². The molecule has 3 atom stereocenters. The Balaban J connectivity index is 1.19. The Hall–Kier alpha value is -3.49. The fourth-order valence-corrected chi connectivity index (χ4v) is 5.90. The lowest BCUT2D eigenvalue weighted by molar-refractivity contribution is -0.274. The average Bonchev–Trinajstić information content (AvgIpc) is 3.32. The van der Waals surface area contributed by atoms with E-state index in [0.717, 1.165) is 44.2 Å². The van der Waals surface area contributed by atoms with E-state index in [1.54, 1.807) is 0 Å². The largest absolute Gasteiger partial charge is 0.573 e. The number of hydrogen-bond acceptors (Lipinski definition) is 6. The van der Waals surface area contributed by atoms with Crippen molar-refractivity contribution < 1.29 is 37.0 Å². The highest BCUT2D eigenvalue weighted by molar-refractivity contribution is 5.89. The van der Waals surface area contributed by atoms with Crippen LogP contribution >= 0.6 is 0 Å². The summed E-state index contributed by atoms with van der Waals surface area (Å²) < 4.78 is 46.4. The minimum absolute atomic E-state index is 0.0850. The zero-order valence-electron chi connectivity index (χ0n) is 20.7. The topological polar surface area (TPSA) is 121 Å². The summed E-state index contributed by atoms with van der Waals surface area (Å²) in [5.41, 5.74) is -0.261. The lowest BCUT2D eigenvalue weighted by Gasteiger charge is -2.37. The maximum Gasteiger partial charge on any atom is 0.573 e. The molecule has 3 amide bonds. The number of ether oxygens (including phenoxy) is 2. The molecule has 0 radical (unpaired) electrons. The van der Waals surface area contributed by atoms with Crippen LogP contribution in [0.15, 0.2) is 24.3 Å². The predicted molar refractivity (Wildman–Crippen MR) is 125 cm³/mol. The van der Waals surface area contributed by atoms with Gasteiger partial charge in [0.05, 0.1) is 6.07 Å². The first-order valence-corrected chi connectivity index (χ1v) is 12.8. The molecule has 9 nitrogen and oxygen atoms in total. The normalized spacial score (nSPS) is 25.3. The number of rotatable bonds is 8. The van der Waals surface area contributed by atoms with E-state index in [1.807, 2.05) is 0 Å². The summed E-state index contributed by atoms with van der Waals surface area (Å²) in [6.07, 6.45) is 1.24. The summed E-state index contributed by atoms with van der Waals surface area (Å²) in [4.78, 5) is 40.2. The molecule has 0 bridgehead atoms. The Morgan fingerprint density at radius 3 is 2.39 bits per heavy atom. The van der Waals surface area contributed by atoms with Crippen LogP contribution in [0.1, 0.15) is 51.4 Å². The lowest BCUT2D eigenvalue weighted by Crippen LogP contribution is -2.50. The van der Waals surface area contributed by atoms with Gasteiger partial charge in [0, 0.05) is 18.0 Å². The monoisotopic (exact) mass is 534 g/mol. The summed E-state index contributed by atoms with van der Waals surface area (Å²) in [5, 5.41) is 15.4. The molecule has 38 heavy (non-hydrogen) atoms. The molecule has 4 aliphatic rings. The van der Waals surface area contributed by atoms with Crippen molar-refractivity contribution in [3.63, 3.8) is 0 Å². The van der Waals surface area contributed by atoms with Crippen molar-refractivity contribution in [2.45, 2.75) is 75.4 Å². The van der Waals surface area contributed by atoms with E-state index in [9.17, 15) is 32.8 Å². The Kier molecular flexibility index (Phi) is 6.65. The Morgan fingerprint density at radius 2 is 1.84 bits per heavy atom. The summed E-state index contributed by atoms with van der Waals surface area (Å²) in [6.45, 7) is 0.00174. The van der Waals surface area contributed by atoms with Crippen molar-refractivity contribution in [1.29, 1.82) is 5.26 Å². The molecule has 2 saturated heterocycles. The van der Waals surface area contributed by atoms with Crippen LogP contribution in [0.25, 0.3) is 0 Å². The van der Waals surface area contributed by atoms with E-state index in [1.165, 1.54) is 17.0 Å². The van der Waals surface area contributed by atoms with Crippen molar-refractivity contribution in [2.75, 3.05) is 13.2 Å². The van der Waals surface area contributed by atoms with Crippen LogP contribution in [0.5, 0.6) is 11.5 Å². The van der Waals surface area contributed by atoms with E-state index >= 15 is 0 Å². The second-order valence-electron chi connectivity index (χ2n) is 11.0. The fourth-order valence-electron chi connectivity index (χ4n) is 5.90. The zero-order chi connectivity index (χ0) is 27.1. The molecule has 1 aromatic carbocycles. The molecular weight excluding hydrogens is 505 g/mol. The van der Waals surface area contributed by atoms with Gasteiger partial charge >= 0.3 is 6.36 Å². The number of benzene rings is 1. The number of carbonyl (C=O) groups excluding carboxylic acids is 3. The van der Waals surface area contributed by atoms with Gasteiger partial charge in [-0.05, 0) is 74.6 Å². The van der Waals surface area contributed by atoms with Crippen molar-refractivity contribution in [3.05, 3.63) is 24.3 Å². The van der Waals surface area contributed by atoms with Crippen LogP contribution in [0, 0.1) is 22.7 Å². The minimum atomic E-state index is -4.81. The fraction of sp³-hybridized carbons (Fsp3) is 0.615. The van der Waals surface area contributed by atoms with Crippen LogP contribution in [-0.4, -0.2) is 59.8 Å². The van der Waals surface area contributed by atoms with Gasteiger partial charge in [-0.15, -0.1) is 13.2 Å². The lowest BCUT2D eigenvalue weighted by atomic mass is 9.67. The highest BCUT2D eigenvalue weighted by Crippen LogP contribution is 2.50. The SMILES string of the molecule is N#C[C@H](C[C@@H]1CC2(CC2)NC1=O)NC(=O)C1CC2(CCC2)CN1C(=O)COc1ccc(OC(F)(F)F)cc1. The van der Waals surface area contributed by atoms with Gasteiger partial charge < -0.3 is 25.0 Å². The standard InChI is InChI=1S/C26H29F3N4O5/c27-26(28,29)38-19-4-2-18(3-5-19)37-14-21(34)33-15-24(6-1-7-24)12-20(33)23(36)31-17(13-30)10-16-11-25(8-9-25)32-22(16)35/h2-5,16-17,20H,1,6-12,14-15H2,(H,31,36)(H,32,35)/t16-,17+,20?/m1/s1. The van der Waals surface area contributed by atoms with Crippen LogP contribution in [0.4, 0.5) is 13.2 Å². The van der Waals surface area contributed by atoms with E-state index < -0.39 is 42.6 Å². The third-order valence-electron chi connectivity index (χ3n) is 8.21. The second-order valence-corrected chi connectivity index (χ2v) is 11.0. The molecular formula is C26H29F3N4O5. The molecule has 0 aromatic heterocycles. The van der Waals surface area contributed by atoms with Gasteiger partial charge in [0.15, 0.2) is 6.61 Å². The molecule has 12 heteroatoms. The molecule has 5 rings (SSSR count). The van der Waals surface area contributed by atoms with E-state index in [2.05, 4.69) is 21.4 Å². The third kappa shape index (κ3) is 5.66. The molecule has 1 aromatic rings. The highest BCUT2D eigenvalue weighted by Gasteiger charge is 2.53. The molecule has 2 N–H and O–H groups in total. The van der Waals surface area contributed by atoms with Gasteiger partial charge in [-0.25, -0.2) is 0 Å². The number of nitrogens with one attached hydrogen (secondary N) is 2. The van der Waals surface area contributed by atoms with Crippen molar-refractivity contribution in [3.8, 4) is 17.6 Å². The number of amides is 3. The van der Waals surface area contributed by atoms with Gasteiger partial charge in [-0.3, -0.25) is 14.4 Å². The number of halogens is 3. The molecule has 2 spiro atoms. The quantitative estimate of drug-likeness (QED) is 0.529. The Labute approximate surface area is 217 Å². The Bertz CT molecular complexity index is 1140. The van der Waals surface area contributed by atoms with Gasteiger partial charge in [0.1, 0.15) is 23.6 Å². The number of alkyl halides is 3. The van der Waals surface area contributed by atoms with Crippen molar-refractivity contribution >= 4 is 17.7 Å². The van der Waals surface area contributed by atoms with Crippen molar-refractivity contribution in [2.24, 2.45) is 11.3 Å². The molecule has 2 heterocycles. The van der Waals surface area contributed by atoms with Crippen LogP contribution < -0.4 is 20.1 Å². The first-order chi connectivity index (χ1) is 18.0. The number of hydrogen-bond donors (Lipinski definition) is 2. The number of likely N-dealkylation sites (tertiary alicyclic amines) is 1. The van der Waals surface area contributed by atoms with E-state index in [-0.39, 0.29) is 34.9 Å². The number of nitrogens with zero attached hydrogens (tertiary/aromatic N) is 2. The third-order valence-corrected chi connectivity index (χ3v) is 8.21. The predicted octanol–water partition coefficient (Wildman–Crippen LogP) is 2.80. The maximum atomic E-state index is 13.3. The van der Waals surface area contributed by atoms with Crippen molar-refractivity contribution in [1.82, 2.24) is 15.5 Å². The first kappa shape index (κ1) is 26.1. The molecule has 2 aliphatic carbocycles. The summed E-state index contributed by atoms with van der Waals surface area (Å²) in [6, 6.07) is 5.16. The summed E-state index contributed by atoms with van der Waals surface area (Å²) in [5.74, 6) is -1.50. The molecule has 4 fully saturated rings. The molecule has 1 unspecified atom stereocenters. The van der Waals surface area contributed by atoms with E-state index in [4.69, 9.17) is 4.74 Å². The van der Waals surface area contributed by atoms with Gasteiger partial charge in [-0.1, -0.05) is 6.42 Å². The average molecular weight is 535 g/mol. The van der Waals surface area contributed by atoms with Crippen LogP contribution in [0.3, 0.4) is 0 Å². The smallest absolute Gasteiger partial charge is 0.484 e. The Morgan fingerprint density at radius 1 is 1.16 bits per heavy atom. The van der Waals surface area contributed by atoms with Gasteiger partial charge in [0.25, 0.3) is 5.91 Å². The maximum absolute atomic E-state index is 13.3. The molecule has 2 saturated carbocycles. The molecule has 2 aliphatic heterocycles. The minimum Gasteiger partial charge on any atom is -0.484 e. The van der Waals surface area contributed by atoms with E-state index in [0.29, 0.717) is 19.4 Å².